The fourth-order valence-electron chi connectivity index (χ4n) is 2.53. The van der Waals surface area contributed by atoms with Crippen LogP contribution < -0.4 is 5.73 Å². The van der Waals surface area contributed by atoms with Gasteiger partial charge in [0.1, 0.15) is 0 Å². The summed E-state index contributed by atoms with van der Waals surface area (Å²) >= 11 is 0. The van der Waals surface area contributed by atoms with Crippen molar-refractivity contribution in [1.82, 2.24) is 4.90 Å². The number of nitrogens with zero attached hydrogens (tertiary/aromatic N) is 1. The molecule has 16 heavy (non-hydrogen) atoms. The summed E-state index contributed by atoms with van der Waals surface area (Å²) in [5, 5.41) is 8.98. The molecule has 0 aromatic carbocycles. The highest BCUT2D eigenvalue weighted by Crippen LogP contribution is 2.38. The van der Waals surface area contributed by atoms with E-state index in [-0.39, 0.29) is 18.6 Å². The van der Waals surface area contributed by atoms with Gasteiger partial charge >= 0.3 is 0 Å². The maximum atomic E-state index is 12.4. The summed E-state index contributed by atoms with van der Waals surface area (Å²) in [5.74, 6) is 0.119. The first kappa shape index (κ1) is 13.5. The molecule has 0 spiro atoms. The predicted molar refractivity (Wildman–Crippen MR) is 63.9 cm³/mol. The summed E-state index contributed by atoms with van der Waals surface area (Å²) in [7, 11) is 0. The Morgan fingerprint density at radius 3 is 2.69 bits per heavy atom. The van der Waals surface area contributed by atoms with Gasteiger partial charge in [-0.1, -0.05) is 13.3 Å². The molecule has 0 aliphatic heterocycles. The Labute approximate surface area is 97.8 Å². The zero-order chi connectivity index (χ0) is 12.2. The van der Waals surface area contributed by atoms with Gasteiger partial charge in [0, 0.05) is 19.1 Å². The Hall–Kier alpha value is -0.610. The third-order valence-corrected chi connectivity index (χ3v) is 3.67. The molecule has 0 radical (unpaired) electrons. The zero-order valence-electron chi connectivity index (χ0n) is 10.4. The Bertz CT molecular complexity index is 239. The first-order valence-electron chi connectivity index (χ1n) is 6.22. The molecule has 2 atom stereocenters. The van der Waals surface area contributed by atoms with Crippen molar-refractivity contribution in [1.29, 1.82) is 0 Å². The summed E-state index contributed by atoms with van der Waals surface area (Å²) in [6.07, 6.45) is 3.75. The van der Waals surface area contributed by atoms with Crippen molar-refractivity contribution in [2.45, 2.75) is 45.6 Å². The minimum absolute atomic E-state index is 0.0249. The maximum Gasteiger partial charge on any atom is 0.230 e. The van der Waals surface area contributed by atoms with E-state index in [1.807, 2.05) is 13.8 Å². The van der Waals surface area contributed by atoms with E-state index in [1.165, 1.54) is 0 Å². The Balaban J connectivity index is 2.72. The van der Waals surface area contributed by atoms with Crippen LogP contribution in [0.25, 0.3) is 0 Å². The molecule has 4 heteroatoms. The Morgan fingerprint density at radius 1 is 1.56 bits per heavy atom. The molecule has 1 rings (SSSR count). The van der Waals surface area contributed by atoms with Crippen molar-refractivity contribution in [3.63, 3.8) is 0 Å². The number of hydrogen-bond donors (Lipinski definition) is 2. The Morgan fingerprint density at radius 2 is 2.25 bits per heavy atom. The van der Waals surface area contributed by atoms with E-state index in [0.717, 1.165) is 25.7 Å². The van der Waals surface area contributed by atoms with Crippen LogP contribution in [-0.2, 0) is 4.79 Å². The second-order valence-electron chi connectivity index (χ2n) is 4.93. The summed E-state index contributed by atoms with van der Waals surface area (Å²) in [6, 6.07) is -0.0296. The van der Waals surface area contributed by atoms with Gasteiger partial charge in [-0.2, -0.15) is 0 Å². The molecule has 0 heterocycles. The van der Waals surface area contributed by atoms with E-state index >= 15 is 0 Å². The van der Waals surface area contributed by atoms with Crippen LogP contribution in [0, 0.1) is 5.41 Å². The molecule has 0 bridgehead atoms. The minimum atomic E-state index is -0.412. The van der Waals surface area contributed by atoms with Gasteiger partial charge in [0.05, 0.1) is 12.0 Å². The molecule has 94 valence electrons. The van der Waals surface area contributed by atoms with Gasteiger partial charge in [-0.3, -0.25) is 4.79 Å². The smallest absolute Gasteiger partial charge is 0.230 e. The van der Waals surface area contributed by atoms with E-state index in [0.29, 0.717) is 13.1 Å². The molecule has 2 unspecified atom stereocenters. The summed E-state index contributed by atoms with van der Waals surface area (Å²) < 4.78 is 0. The highest BCUT2D eigenvalue weighted by atomic mass is 16.3. The number of carbonyl (C=O) groups is 1. The lowest BCUT2D eigenvalue weighted by atomic mass is 9.83. The van der Waals surface area contributed by atoms with Crippen LogP contribution in [0.3, 0.4) is 0 Å². The van der Waals surface area contributed by atoms with E-state index in [4.69, 9.17) is 10.8 Å². The lowest BCUT2D eigenvalue weighted by Gasteiger charge is -2.34. The van der Waals surface area contributed by atoms with E-state index < -0.39 is 5.41 Å². The van der Waals surface area contributed by atoms with Crippen LogP contribution in [0.2, 0.25) is 0 Å². The molecule has 0 aromatic heterocycles. The summed E-state index contributed by atoms with van der Waals surface area (Å²) in [4.78, 5) is 14.1. The molecule has 1 aliphatic carbocycles. The molecular formula is C12H24N2O2. The van der Waals surface area contributed by atoms with Crippen molar-refractivity contribution in [2.24, 2.45) is 11.1 Å². The van der Waals surface area contributed by atoms with E-state index in [2.05, 4.69) is 0 Å². The largest absolute Gasteiger partial charge is 0.395 e. The van der Waals surface area contributed by atoms with Gasteiger partial charge in [-0.15, -0.1) is 0 Å². The first-order chi connectivity index (χ1) is 7.56. The van der Waals surface area contributed by atoms with Crippen LogP contribution in [-0.4, -0.2) is 41.7 Å². The van der Waals surface area contributed by atoms with E-state index in [1.54, 1.807) is 4.90 Å². The van der Waals surface area contributed by atoms with E-state index in [9.17, 15) is 4.79 Å². The third-order valence-electron chi connectivity index (χ3n) is 3.67. The first-order valence-corrected chi connectivity index (χ1v) is 6.22. The standard InChI is InChI=1S/C12H24N2O2/c1-3-7-14(8-9-15)11(16)12(2)6-4-5-10(12)13/h10,15H,3-9,13H2,1-2H3. The number of aliphatic hydroxyl groups excluding tert-OH is 1. The number of rotatable bonds is 5. The van der Waals surface area contributed by atoms with Gasteiger partial charge < -0.3 is 15.7 Å². The summed E-state index contributed by atoms with van der Waals surface area (Å²) in [5.41, 5.74) is 5.62. The SMILES string of the molecule is CCCN(CCO)C(=O)C1(C)CCCC1N. The quantitative estimate of drug-likeness (QED) is 0.729. The van der Waals surface area contributed by atoms with Crippen molar-refractivity contribution in [3.05, 3.63) is 0 Å². The van der Waals surface area contributed by atoms with Crippen molar-refractivity contribution < 1.29 is 9.90 Å². The van der Waals surface area contributed by atoms with Gasteiger partial charge in [-0.25, -0.2) is 0 Å². The zero-order valence-corrected chi connectivity index (χ0v) is 10.4. The van der Waals surface area contributed by atoms with Gasteiger partial charge in [0.25, 0.3) is 0 Å². The van der Waals surface area contributed by atoms with Crippen LogP contribution in [0.15, 0.2) is 0 Å². The number of nitrogens with two attached hydrogens (primary N) is 1. The maximum absolute atomic E-state index is 12.4. The average Bonchev–Trinajstić information content (AvgIpc) is 2.59. The molecule has 4 nitrogen and oxygen atoms in total. The normalized spacial score (nSPS) is 29.4. The molecule has 0 saturated heterocycles. The highest BCUT2D eigenvalue weighted by molar-refractivity contribution is 5.83. The monoisotopic (exact) mass is 228 g/mol. The molecule has 0 aromatic rings. The average molecular weight is 228 g/mol. The fourth-order valence-corrected chi connectivity index (χ4v) is 2.53. The number of amides is 1. The molecular weight excluding hydrogens is 204 g/mol. The summed E-state index contributed by atoms with van der Waals surface area (Å²) in [6.45, 7) is 5.16. The predicted octanol–water partition coefficient (Wildman–Crippen LogP) is 0.735. The molecule has 1 amide bonds. The number of carbonyl (C=O) groups excluding carboxylic acids is 1. The highest BCUT2D eigenvalue weighted by Gasteiger charge is 2.44. The van der Waals surface area contributed by atoms with Gasteiger partial charge in [0.15, 0.2) is 0 Å². The van der Waals surface area contributed by atoms with Crippen molar-refractivity contribution >= 4 is 5.91 Å². The molecule has 1 saturated carbocycles. The number of aliphatic hydroxyl groups is 1. The third kappa shape index (κ3) is 2.55. The number of hydrogen-bond acceptors (Lipinski definition) is 3. The van der Waals surface area contributed by atoms with Crippen molar-refractivity contribution in [3.8, 4) is 0 Å². The fraction of sp³-hybridized carbons (Fsp3) is 0.917. The van der Waals surface area contributed by atoms with Gasteiger partial charge in [0.2, 0.25) is 5.91 Å². The lowest BCUT2D eigenvalue weighted by Crippen LogP contribution is -2.50. The second kappa shape index (κ2) is 5.64. The van der Waals surface area contributed by atoms with Crippen LogP contribution >= 0.6 is 0 Å². The van der Waals surface area contributed by atoms with Crippen LogP contribution in [0.1, 0.15) is 39.5 Å². The lowest BCUT2D eigenvalue weighted by molar-refractivity contribution is -0.142. The molecule has 3 N–H and O–H groups in total. The van der Waals surface area contributed by atoms with Crippen molar-refractivity contribution in [2.75, 3.05) is 19.7 Å². The molecule has 1 aliphatic rings. The van der Waals surface area contributed by atoms with Crippen LogP contribution in [0.5, 0.6) is 0 Å². The topological polar surface area (TPSA) is 66.6 Å². The second-order valence-corrected chi connectivity index (χ2v) is 4.93. The molecule has 1 fully saturated rings. The van der Waals surface area contributed by atoms with Gasteiger partial charge in [-0.05, 0) is 26.2 Å². The Kier molecular flexibility index (Phi) is 4.74. The minimum Gasteiger partial charge on any atom is -0.395 e. The van der Waals surface area contributed by atoms with Crippen LogP contribution in [0.4, 0.5) is 0 Å².